The zero-order valence-electron chi connectivity index (χ0n) is 22.4. The van der Waals surface area contributed by atoms with Gasteiger partial charge in [-0.1, -0.05) is 50.2 Å². The number of hydrogen-bond acceptors (Lipinski definition) is 5. The molecule has 0 aliphatic heterocycles. The number of benzene rings is 3. The maximum absolute atomic E-state index is 11.8. The van der Waals surface area contributed by atoms with Crippen LogP contribution in [0.2, 0.25) is 0 Å². The molecule has 7 heteroatoms. The van der Waals surface area contributed by atoms with Gasteiger partial charge in [0.15, 0.2) is 14.7 Å². The minimum atomic E-state index is -4.33. The lowest BCUT2D eigenvalue weighted by Gasteiger charge is -2.37. The Morgan fingerprint density at radius 3 is 1.79 bits per heavy atom. The molecule has 38 heavy (non-hydrogen) atoms. The van der Waals surface area contributed by atoms with Gasteiger partial charge in [0.05, 0.1) is 32.9 Å². The van der Waals surface area contributed by atoms with E-state index in [1.54, 1.807) is 0 Å². The molecule has 5 nitrogen and oxygen atoms in total. The molecule has 3 aromatic rings. The number of carbonyl (C=O) groups excluding carboxylic acids is 1. The van der Waals surface area contributed by atoms with Crippen molar-refractivity contribution in [1.82, 2.24) is 0 Å². The van der Waals surface area contributed by atoms with Crippen molar-refractivity contribution in [2.45, 2.75) is 67.7 Å². The third-order valence-electron chi connectivity index (χ3n) is 7.95. The van der Waals surface area contributed by atoms with Crippen molar-refractivity contribution in [3.63, 3.8) is 0 Å². The van der Waals surface area contributed by atoms with Gasteiger partial charge in [-0.05, 0) is 86.6 Å². The largest absolute Gasteiger partial charge is 0.748 e. The fraction of sp³-hybridized carbons (Fsp3) is 0.387. The van der Waals surface area contributed by atoms with Crippen molar-refractivity contribution in [3.05, 3.63) is 84.9 Å². The van der Waals surface area contributed by atoms with Gasteiger partial charge in [-0.15, -0.1) is 0 Å². The third-order valence-corrected chi connectivity index (χ3v) is 11.0. The summed E-state index contributed by atoms with van der Waals surface area (Å²) in [7, 11) is -4.42. The number of hydrogen-bond donors (Lipinski definition) is 0. The summed E-state index contributed by atoms with van der Waals surface area (Å²) in [5, 5.41) is 0. The predicted octanol–water partition coefficient (Wildman–Crippen LogP) is 6.50. The molecule has 2 atom stereocenters. The standard InChI is InChI=1S/C21H21OS.C10H16O4S/c1-17(2)22-18-13-15-21(16-14-18)23(19-9-5-3-6-10-19)20-11-7-4-8-12-20;1-9(2)7-3-4-10(9,8(11)5-7)6-15(12,13)14/h3-17H,1-2H3;7H,3-6H2,1-2H3,(H,12,13,14)/q+1;/p-1. The molecule has 2 unspecified atom stereocenters. The minimum absolute atomic E-state index is 0.0248. The topological polar surface area (TPSA) is 83.5 Å². The highest BCUT2D eigenvalue weighted by atomic mass is 32.2. The van der Waals surface area contributed by atoms with Gasteiger partial charge < -0.3 is 9.29 Å². The van der Waals surface area contributed by atoms with E-state index in [2.05, 4.69) is 84.9 Å². The lowest BCUT2D eigenvalue weighted by molar-refractivity contribution is -0.128. The van der Waals surface area contributed by atoms with Crippen LogP contribution in [0.3, 0.4) is 0 Å². The van der Waals surface area contributed by atoms with Crippen LogP contribution in [-0.2, 0) is 25.8 Å². The summed E-state index contributed by atoms with van der Waals surface area (Å²) in [6.45, 7) is 7.93. The Morgan fingerprint density at radius 2 is 1.39 bits per heavy atom. The molecule has 5 rings (SSSR count). The number of rotatable bonds is 7. The highest BCUT2D eigenvalue weighted by Gasteiger charge is 2.64. The van der Waals surface area contributed by atoms with Gasteiger partial charge in [-0.3, -0.25) is 4.79 Å². The molecule has 0 N–H and O–H groups in total. The van der Waals surface area contributed by atoms with Gasteiger partial charge in [-0.2, -0.15) is 0 Å². The average Bonchev–Trinajstić information content (AvgIpc) is 3.20. The van der Waals surface area contributed by atoms with E-state index < -0.39 is 21.3 Å². The van der Waals surface area contributed by atoms with Crippen molar-refractivity contribution < 1.29 is 22.5 Å². The molecule has 2 saturated carbocycles. The number of Topliss-reactive ketones (excluding diaryl/α,β-unsaturated/α-hetero) is 1. The maximum atomic E-state index is 11.8. The van der Waals surface area contributed by atoms with E-state index in [0.29, 0.717) is 12.8 Å². The van der Waals surface area contributed by atoms with Crippen LogP contribution in [-0.4, -0.2) is 30.6 Å². The van der Waals surface area contributed by atoms with E-state index in [9.17, 15) is 17.8 Å². The van der Waals surface area contributed by atoms with E-state index >= 15 is 0 Å². The quantitative estimate of drug-likeness (QED) is 0.247. The molecular formula is C31H36O5S2. The zero-order chi connectivity index (χ0) is 27.6. The zero-order valence-corrected chi connectivity index (χ0v) is 24.1. The molecule has 0 amide bonds. The fourth-order valence-corrected chi connectivity index (χ4v) is 9.22. The number of ether oxygens (including phenoxy) is 1. The second-order valence-electron chi connectivity index (χ2n) is 10.9. The number of fused-ring (bicyclic) bond motifs is 2. The van der Waals surface area contributed by atoms with Crippen LogP contribution in [0.5, 0.6) is 5.75 Å². The highest BCUT2D eigenvalue weighted by Crippen LogP contribution is 2.64. The Labute approximate surface area is 229 Å². The first kappa shape index (κ1) is 28.4. The molecule has 0 aromatic heterocycles. The van der Waals surface area contributed by atoms with E-state index in [-0.39, 0.29) is 34.1 Å². The lowest BCUT2D eigenvalue weighted by atomic mass is 9.70. The molecule has 2 aliphatic carbocycles. The summed E-state index contributed by atoms with van der Waals surface area (Å²) in [5.41, 5.74) is -1.22. The van der Waals surface area contributed by atoms with Crippen molar-refractivity contribution in [3.8, 4) is 5.75 Å². The molecular weight excluding hydrogens is 516 g/mol. The molecule has 0 heterocycles. The smallest absolute Gasteiger partial charge is 0.166 e. The molecule has 2 fully saturated rings. The van der Waals surface area contributed by atoms with Crippen LogP contribution in [0.4, 0.5) is 0 Å². The summed E-state index contributed by atoms with van der Waals surface area (Å²) in [6, 6.07) is 29.9. The molecule has 202 valence electrons. The highest BCUT2D eigenvalue weighted by molar-refractivity contribution is 7.97. The van der Waals surface area contributed by atoms with Crippen molar-refractivity contribution in [1.29, 1.82) is 0 Å². The lowest BCUT2D eigenvalue weighted by Crippen LogP contribution is -2.42. The Morgan fingerprint density at radius 1 is 0.895 bits per heavy atom. The summed E-state index contributed by atoms with van der Waals surface area (Å²) < 4.78 is 38.4. The van der Waals surface area contributed by atoms with Gasteiger partial charge in [0, 0.05) is 11.8 Å². The molecule has 3 aromatic carbocycles. The van der Waals surface area contributed by atoms with Gasteiger partial charge in [0.2, 0.25) is 0 Å². The van der Waals surface area contributed by atoms with Gasteiger partial charge >= 0.3 is 0 Å². The summed E-state index contributed by atoms with van der Waals surface area (Å²) in [6.07, 6.45) is 2.07. The third kappa shape index (κ3) is 6.00. The molecule has 2 bridgehead atoms. The summed E-state index contributed by atoms with van der Waals surface area (Å²) >= 11 is 0. The first-order valence-corrected chi connectivity index (χ1v) is 15.8. The van der Waals surface area contributed by atoms with Crippen molar-refractivity contribution in [2.75, 3.05) is 5.75 Å². The first-order valence-electron chi connectivity index (χ1n) is 13.0. The van der Waals surface area contributed by atoms with E-state index in [4.69, 9.17) is 4.74 Å². The number of ketones is 1. The van der Waals surface area contributed by atoms with Crippen LogP contribution in [0, 0.1) is 16.7 Å². The van der Waals surface area contributed by atoms with Crippen molar-refractivity contribution in [2.24, 2.45) is 16.7 Å². The fourth-order valence-electron chi connectivity index (χ4n) is 5.86. The Balaban J connectivity index is 0.000000194. The normalized spacial score (nSPS) is 21.9. The number of carbonyl (C=O) groups is 1. The van der Waals surface area contributed by atoms with E-state index in [1.165, 1.54) is 14.7 Å². The van der Waals surface area contributed by atoms with Crippen molar-refractivity contribution >= 4 is 26.8 Å². The second kappa shape index (κ2) is 11.2. The molecule has 0 spiro atoms. The Bertz CT molecular complexity index is 1300. The van der Waals surface area contributed by atoms with E-state index in [1.807, 2.05) is 27.7 Å². The van der Waals surface area contributed by atoms with Gasteiger partial charge in [-0.25, -0.2) is 8.42 Å². The maximum Gasteiger partial charge on any atom is 0.166 e. The second-order valence-corrected chi connectivity index (χ2v) is 14.4. The Kier molecular flexibility index (Phi) is 8.40. The van der Waals surface area contributed by atoms with Crippen LogP contribution < -0.4 is 4.74 Å². The van der Waals surface area contributed by atoms with Crippen LogP contribution in [0.1, 0.15) is 47.0 Å². The monoisotopic (exact) mass is 552 g/mol. The van der Waals surface area contributed by atoms with Crippen LogP contribution >= 0.6 is 0 Å². The molecule has 0 radical (unpaired) electrons. The predicted molar refractivity (Wildman–Crippen MR) is 150 cm³/mol. The average molecular weight is 553 g/mol. The minimum Gasteiger partial charge on any atom is -0.748 e. The SMILES string of the molecule is CC(C)Oc1ccc([S+](c2ccccc2)c2ccccc2)cc1.CC1(C)C2CCC1(CS(=O)(=O)[O-])C(=O)C2. The summed E-state index contributed by atoms with van der Waals surface area (Å²) in [4.78, 5) is 15.8. The van der Waals surface area contributed by atoms with Gasteiger partial charge in [0.25, 0.3) is 0 Å². The van der Waals surface area contributed by atoms with E-state index in [0.717, 1.165) is 12.2 Å². The first-order chi connectivity index (χ1) is 17.9. The molecule has 0 saturated heterocycles. The summed E-state index contributed by atoms with van der Waals surface area (Å²) in [5.74, 6) is 0.644. The molecule has 2 aliphatic rings. The van der Waals surface area contributed by atoms with Crippen LogP contribution in [0.15, 0.2) is 99.6 Å². The Hall–Kier alpha value is -2.61. The van der Waals surface area contributed by atoms with Crippen LogP contribution in [0.25, 0.3) is 0 Å². The van der Waals surface area contributed by atoms with Gasteiger partial charge in [0.1, 0.15) is 11.5 Å².